The van der Waals surface area contributed by atoms with E-state index in [4.69, 9.17) is 14.2 Å². The molecule has 1 heterocycles. The number of ether oxygens (including phenoxy) is 3. The monoisotopic (exact) mass is 456 g/mol. The summed E-state index contributed by atoms with van der Waals surface area (Å²) in [5.74, 6) is 0.897. The number of halogens is 1. The third-order valence-corrected chi connectivity index (χ3v) is 5.37. The minimum Gasteiger partial charge on any atom is -0.490 e. The molecule has 0 saturated carbocycles. The Balaban J connectivity index is 1.64. The number of morpholine rings is 1. The second kappa shape index (κ2) is 13.0. The summed E-state index contributed by atoms with van der Waals surface area (Å²) >= 11 is 0. The number of nitrogens with one attached hydrogen (secondary N) is 1. The highest BCUT2D eigenvalue weighted by molar-refractivity contribution is 5.91. The van der Waals surface area contributed by atoms with Crippen molar-refractivity contribution in [2.75, 3.05) is 46.1 Å². The van der Waals surface area contributed by atoms with Gasteiger partial charge >= 0.3 is 0 Å². The van der Waals surface area contributed by atoms with E-state index in [1.807, 2.05) is 25.1 Å². The van der Waals surface area contributed by atoms with Gasteiger partial charge in [-0.25, -0.2) is 4.39 Å². The van der Waals surface area contributed by atoms with Crippen molar-refractivity contribution in [2.24, 2.45) is 0 Å². The van der Waals surface area contributed by atoms with Gasteiger partial charge in [-0.3, -0.25) is 9.69 Å². The van der Waals surface area contributed by atoms with Gasteiger partial charge in [-0.1, -0.05) is 25.1 Å². The lowest BCUT2D eigenvalue weighted by molar-refractivity contribution is -0.116. The van der Waals surface area contributed by atoms with Crippen LogP contribution in [0, 0.1) is 5.82 Å². The zero-order valence-electron chi connectivity index (χ0n) is 19.4. The average molecular weight is 457 g/mol. The molecule has 1 fully saturated rings. The fraction of sp³-hybridized carbons (Fsp3) is 0.423. The van der Waals surface area contributed by atoms with Gasteiger partial charge in [0.25, 0.3) is 0 Å². The van der Waals surface area contributed by atoms with Gasteiger partial charge in [0.05, 0.1) is 32.5 Å². The van der Waals surface area contributed by atoms with Crippen LogP contribution in [0.2, 0.25) is 0 Å². The summed E-state index contributed by atoms with van der Waals surface area (Å²) in [4.78, 5) is 14.8. The van der Waals surface area contributed by atoms with Crippen LogP contribution in [0.4, 0.5) is 4.39 Å². The molecule has 1 saturated heterocycles. The van der Waals surface area contributed by atoms with Crippen molar-refractivity contribution in [3.8, 4) is 11.5 Å². The molecule has 0 radical (unpaired) electrons. The van der Waals surface area contributed by atoms with Crippen molar-refractivity contribution in [1.29, 1.82) is 0 Å². The van der Waals surface area contributed by atoms with E-state index >= 15 is 0 Å². The van der Waals surface area contributed by atoms with Gasteiger partial charge in [0.15, 0.2) is 11.5 Å². The van der Waals surface area contributed by atoms with Gasteiger partial charge in [-0.15, -0.1) is 0 Å². The van der Waals surface area contributed by atoms with Crippen LogP contribution in [0.3, 0.4) is 0 Å². The van der Waals surface area contributed by atoms with Gasteiger partial charge in [0.2, 0.25) is 5.91 Å². The average Bonchev–Trinajstić information content (AvgIpc) is 2.84. The van der Waals surface area contributed by atoms with E-state index in [-0.39, 0.29) is 17.8 Å². The molecule has 3 rings (SSSR count). The lowest BCUT2D eigenvalue weighted by Gasteiger charge is -2.34. The van der Waals surface area contributed by atoms with Gasteiger partial charge in [0, 0.05) is 25.7 Å². The number of rotatable bonds is 11. The minimum atomic E-state index is -0.274. The molecule has 0 spiro atoms. The number of hydrogen-bond donors (Lipinski definition) is 1. The highest BCUT2D eigenvalue weighted by Gasteiger charge is 2.23. The van der Waals surface area contributed by atoms with E-state index in [0.29, 0.717) is 44.5 Å². The van der Waals surface area contributed by atoms with Gasteiger partial charge < -0.3 is 19.5 Å². The first-order chi connectivity index (χ1) is 16.1. The predicted molar refractivity (Wildman–Crippen MR) is 127 cm³/mol. The third kappa shape index (κ3) is 7.58. The lowest BCUT2D eigenvalue weighted by atomic mass is 10.0. The number of benzene rings is 2. The summed E-state index contributed by atoms with van der Waals surface area (Å²) in [5, 5.41) is 2.98. The summed E-state index contributed by atoms with van der Waals surface area (Å²) < 4.78 is 30.3. The molecule has 1 amide bonds. The molecule has 2 aromatic rings. The molecule has 0 aromatic heterocycles. The number of amides is 1. The smallest absolute Gasteiger partial charge is 0.244 e. The Hall–Kier alpha value is -2.90. The molecule has 1 unspecified atom stereocenters. The molecule has 6 nitrogen and oxygen atoms in total. The molecule has 1 aliphatic heterocycles. The van der Waals surface area contributed by atoms with Crippen LogP contribution in [0.15, 0.2) is 48.5 Å². The largest absolute Gasteiger partial charge is 0.490 e. The maximum Gasteiger partial charge on any atom is 0.244 e. The standard InChI is InChI=1S/C26H33FN2O4/c1-3-15-33-24-11-5-20(18-25(24)32-4-2)6-12-26(30)28-19-23(29-13-16-31-17-14-29)21-7-9-22(27)10-8-21/h5-12,18,23H,3-4,13-17,19H2,1-2H3,(H,28,30)/b12-6+. The molecule has 1 atom stereocenters. The third-order valence-electron chi connectivity index (χ3n) is 5.37. The summed E-state index contributed by atoms with van der Waals surface area (Å²) in [6.45, 7) is 8.36. The van der Waals surface area contributed by atoms with Gasteiger partial charge in [-0.05, 0) is 54.8 Å². The molecule has 178 valence electrons. The molecule has 2 aromatic carbocycles. The van der Waals surface area contributed by atoms with Gasteiger partial charge in [-0.2, -0.15) is 0 Å². The van der Waals surface area contributed by atoms with Crippen LogP contribution in [0.5, 0.6) is 11.5 Å². The van der Waals surface area contributed by atoms with Crippen molar-refractivity contribution in [1.82, 2.24) is 10.2 Å². The first-order valence-electron chi connectivity index (χ1n) is 11.5. The molecule has 33 heavy (non-hydrogen) atoms. The van der Waals surface area contributed by atoms with E-state index < -0.39 is 0 Å². The van der Waals surface area contributed by atoms with Crippen molar-refractivity contribution in [2.45, 2.75) is 26.3 Å². The second-order valence-corrected chi connectivity index (χ2v) is 7.78. The summed E-state index contributed by atoms with van der Waals surface area (Å²) in [6.07, 6.45) is 4.18. The molecule has 1 aliphatic rings. The summed E-state index contributed by atoms with van der Waals surface area (Å²) in [5.41, 5.74) is 1.81. The number of carbonyl (C=O) groups is 1. The van der Waals surface area contributed by atoms with E-state index in [9.17, 15) is 9.18 Å². The Morgan fingerprint density at radius 3 is 2.58 bits per heavy atom. The number of carbonyl (C=O) groups excluding carboxylic acids is 1. The topological polar surface area (TPSA) is 60.0 Å². The van der Waals surface area contributed by atoms with E-state index in [0.717, 1.165) is 30.6 Å². The quantitative estimate of drug-likeness (QED) is 0.513. The van der Waals surface area contributed by atoms with E-state index in [2.05, 4.69) is 17.1 Å². The Morgan fingerprint density at radius 2 is 1.88 bits per heavy atom. The fourth-order valence-electron chi connectivity index (χ4n) is 3.69. The van der Waals surface area contributed by atoms with Crippen LogP contribution >= 0.6 is 0 Å². The normalized spacial score (nSPS) is 15.4. The maximum absolute atomic E-state index is 13.4. The zero-order valence-corrected chi connectivity index (χ0v) is 19.4. The van der Waals surface area contributed by atoms with Crippen LogP contribution in [0.1, 0.15) is 37.4 Å². The Kier molecular flexibility index (Phi) is 9.72. The van der Waals surface area contributed by atoms with Gasteiger partial charge in [0.1, 0.15) is 5.82 Å². The number of nitrogens with zero attached hydrogens (tertiary/aromatic N) is 1. The lowest BCUT2D eigenvalue weighted by Crippen LogP contribution is -2.43. The highest BCUT2D eigenvalue weighted by atomic mass is 19.1. The van der Waals surface area contributed by atoms with E-state index in [1.54, 1.807) is 18.2 Å². The molecular weight excluding hydrogens is 423 g/mol. The SMILES string of the molecule is CCCOc1ccc(/C=C/C(=O)NCC(c2ccc(F)cc2)N2CCOCC2)cc1OCC. The summed E-state index contributed by atoms with van der Waals surface area (Å²) in [7, 11) is 0. The van der Waals surface area contributed by atoms with Crippen LogP contribution in [0.25, 0.3) is 6.08 Å². The molecule has 7 heteroatoms. The summed E-state index contributed by atoms with van der Waals surface area (Å²) in [6, 6.07) is 12.0. The van der Waals surface area contributed by atoms with E-state index in [1.165, 1.54) is 18.2 Å². The number of hydrogen-bond acceptors (Lipinski definition) is 5. The van der Waals surface area contributed by atoms with Crippen molar-refractivity contribution < 1.29 is 23.4 Å². The fourth-order valence-corrected chi connectivity index (χ4v) is 3.69. The van der Waals surface area contributed by atoms with Crippen molar-refractivity contribution >= 4 is 12.0 Å². The van der Waals surface area contributed by atoms with Crippen LogP contribution < -0.4 is 14.8 Å². The molecule has 1 N–H and O–H groups in total. The Labute approximate surface area is 195 Å². The molecule has 0 bridgehead atoms. The minimum absolute atomic E-state index is 0.0496. The first-order valence-corrected chi connectivity index (χ1v) is 11.5. The maximum atomic E-state index is 13.4. The van der Waals surface area contributed by atoms with Crippen molar-refractivity contribution in [3.05, 3.63) is 65.5 Å². The zero-order chi connectivity index (χ0) is 23.5. The van der Waals surface area contributed by atoms with Crippen molar-refractivity contribution in [3.63, 3.8) is 0 Å². The molecule has 0 aliphatic carbocycles. The first kappa shape index (κ1) is 24.7. The predicted octanol–water partition coefficient (Wildman–Crippen LogP) is 4.22. The second-order valence-electron chi connectivity index (χ2n) is 7.78. The molecular formula is C26H33FN2O4. The van der Waals surface area contributed by atoms with Crippen LogP contribution in [-0.2, 0) is 9.53 Å². The highest BCUT2D eigenvalue weighted by Crippen LogP contribution is 2.29. The van der Waals surface area contributed by atoms with Crippen LogP contribution in [-0.4, -0.2) is 56.9 Å². The Bertz CT molecular complexity index is 911. The Morgan fingerprint density at radius 1 is 1.12 bits per heavy atom.